The van der Waals surface area contributed by atoms with Crippen LogP contribution >= 0.6 is 45.2 Å². The van der Waals surface area contributed by atoms with Crippen LogP contribution in [0.2, 0.25) is 0 Å². The van der Waals surface area contributed by atoms with Crippen molar-refractivity contribution in [2.75, 3.05) is 22.1 Å². The lowest BCUT2D eigenvalue weighted by Crippen LogP contribution is -2.19. The van der Waals surface area contributed by atoms with Crippen LogP contribution in [0.25, 0.3) is 0 Å². The van der Waals surface area contributed by atoms with Crippen LogP contribution < -0.4 is 9.47 Å². The van der Waals surface area contributed by atoms with Gasteiger partial charge in [0.2, 0.25) is 0 Å². The van der Waals surface area contributed by atoms with Gasteiger partial charge >= 0.3 is 0 Å². The average molecular weight is 530 g/mol. The Morgan fingerprint density at radius 1 is 0.727 bits per heavy atom. The van der Waals surface area contributed by atoms with E-state index in [0.29, 0.717) is 0 Å². The molecule has 0 heterocycles. The van der Waals surface area contributed by atoms with Gasteiger partial charge in [-0.2, -0.15) is 0 Å². The molecule has 2 nitrogen and oxygen atoms in total. The standard InChI is InChI=1S/C18H28I2O2/c1-17(2,3)13-11-14(18(4,5)6)16(22-10-8-20)12-15(13)21-9-7-19/h11-12H,7-10H2,1-6H3. The molecule has 0 N–H and O–H groups in total. The first-order valence-electron chi connectivity index (χ1n) is 7.67. The monoisotopic (exact) mass is 530 g/mol. The Hall–Kier alpha value is 0.280. The highest BCUT2D eigenvalue weighted by Gasteiger charge is 2.26. The fourth-order valence-electron chi connectivity index (χ4n) is 2.27. The minimum atomic E-state index is 0.0440. The zero-order valence-corrected chi connectivity index (χ0v) is 18.9. The van der Waals surface area contributed by atoms with Gasteiger partial charge in [-0.1, -0.05) is 86.7 Å². The third-order valence-corrected chi connectivity index (χ3v) is 4.25. The molecule has 0 unspecified atom stereocenters. The van der Waals surface area contributed by atoms with Gasteiger partial charge in [0.05, 0.1) is 13.2 Å². The Labute approximate surface area is 163 Å². The van der Waals surface area contributed by atoms with Crippen LogP contribution in [0.15, 0.2) is 12.1 Å². The maximum absolute atomic E-state index is 6.01. The van der Waals surface area contributed by atoms with Crippen molar-refractivity contribution in [1.29, 1.82) is 0 Å². The van der Waals surface area contributed by atoms with Crippen molar-refractivity contribution in [2.24, 2.45) is 0 Å². The topological polar surface area (TPSA) is 18.5 Å². The normalized spacial score (nSPS) is 12.4. The summed E-state index contributed by atoms with van der Waals surface area (Å²) in [6.45, 7) is 14.9. The summed E-state index contributed by atoms with van der Waals surface area (Å²) in [7, 11) is 0. The molecular weight excluding hydrogens is 502 g/mol. The molecule has 0 radical (unpaired) electrons. The predicted octanol–water partition coefficient (Wildman–Crippen LogP) is 5.91. The zero-order chi connectivity index (χ0) is 17.0. The molecule has 0 spiro atoms. The number of hydrogen-bond donors (Lipinski definition) is 0. The van der Waals surface area contributed by atoms with Crippen molar-refractivity contribution < 1.29 is 9.47 Å². The maximum Gasteiger partial charge on any atom is 0.126 e. The highest BCUT2D eigenvalue weighted by molar-refractivity contribution is 14.1. The summed E-state index contributed by atoms with van der Waals surface area (Å²) in [5.41, 5.74) is 2.60. The lowest BCUT2D eigenvalue weighted by Gasteiger charge is -2.29. The second-order valence-corrected chi connectivity index (χ2v) is 9.58. The molecule has 22 heavy (non-hydrogen) atoms. The molecule has 0 bridgehead atoms. The molecule has 0 saturated carbocycles. The quantitative estimate of drug-likeness (QED) is 0.337. The van der Waals surface area contributed by atoms with Gasteiger partial charge in [-0.05, 0) is 16.9 Å². The summed E-state index contributed by atoms with van der Waals surface area (Å²) in [4.78, 5) is 0. The molecule has 1 aromatic rings. The van der Waals surface area contributed by atoms with E-state index in [1.807, 2.05) is 0 Å². The van der Waals surface area contributed by atoms with Gasteiger partial charge in [0.15, 0.2) is 0 Å². The maximum atomic E-state index is 6.01. The molecule has 0 atom stereocenters. The molecule has 126 valence electrons. The van der Waals surface area contributed by atoms with Crippen LogP contribution in [0.3, 0.4) is 0 Å². The molecule has 0 saturated heterocycles. The van der Waals surface area contributed by atoms with E-state index >= 15 is 0 Å². The minimum absolute atomic E-state index is 0.0440. The summed E-state index contributed by atoms with van der Waals surface area (Å²) < 4.78 is 14.0. The number of hydrogen-bond acceptors (Lipinski definition) is 2. The fraction of sp³-hybridized carbons (Fsp3) is 0.667. The van der Waals surface area contributed by atoms with E-state index in [1.54, 1.807) is 0 Å². The highest BCUT2D eigenvalue weighted by Crippen LogP contribution is 2.41. The van der Waals surface area contributed by atoms with Gasteiger partial charge < -0.3 is 9.47 Å². The smallest absolute Gasteiger partial charge is 0.126 e. The molecule has 1 aromatic carbocycles. The van der Waals surface area contributed by atoms with Crippen molar-refractivity contribution in [1.82, 2.24) is 0 Å². The zero-order valence-electron chi connectivity index (χ0n) is 14.6. The molecule has 0 aromatic heterocycles. The Morgan fingerprint density at radius 2 is 1.09 bits per heavy atom. The Bertz CT molecular complexity index is 444. The van der Waals surface area contributed by atoms with Gasteiger partial charge in [-0.15, -0.1) is 0 Å². The summed E-state index contributed by atoms with van der Waals surface area (Å²) in [5.74, 6) is 1.92. The fourth-order valence-corrected chi connectivity index (χ4v) is 2.71. The summed E-state index contributed by atoms with van der Waals surface area (Å²) in [6.07, 6.45) is 0. The average Bonchev–Trinajstić information content (AvgIpc) is 2.39. The van der Waals surface area contributed by atoms with Crippen LogP contribution in [0.4, 0.5) is 0 Å². The van der Waals surface area contributed by atoms with E-state index in [1.165, 1.54) is 11.1 Å². The molecule has 0 amide bonds. The summed E-state index contributed by atoms with van der Waals surface area (Å²) >= 11 is 4.68. The van der Waals surface area contributed by atoms with Crippen LogP contribution in [-0.2, 0) is 10.8 Å². The molecule has 0 aliphatic heterocycles. The molecule has 0 fully saturated rings. The predicted molar refractivity (Wildman–Crippen MR) is 113 cm³/mol. The first-order valence-corrected chi connectivity index (χ1v) is 10.7. The number of benzene rings is 1. The second-order valence-electron chi connectivity index (χ2n) is 7.42. The van der Waals surface area contributed by atoms with Crippen molar-refractivity contribution in [3.05, 3.63) is 23.3 Å². The summed E-state index contributed by atoms with van der Waals surface area (Å²) in [6, 6.07) is 4.38. The molecular formula is C18H28I2O2. The van der Waals surface area contributed by atoms with Crippen molar-refractivity contribution >= 4 is 45.2 Å². The van der Waals surface area contributed by atoms with Crippen molar-refractivity contribution in [3.63, 3.8) is 0 Å². The Kier molecular flexibility index (Phi) is 7.76. The Morgan fingerprint density at radius 3 is 1.36 bits per heavy atom. The molecule has 0 aliphatic rings. The molecule has 1 rings (SSSR count). The Balaban J connectivity index is 3.42. The number of halogens is 2. The van der Waals surface area contributed by atoms with Crippen molar-refractivity contribution in [3.8, 4) is 11.5 Å². The SMILES string of the molecule is CC(C)(C)c1cc(C(C)(C)C)c(OCCI)cc1OCCI. The lowest BCUT2D eigenvalue weighted by atomic mass is 9.79. The third kappa shape index (κ3) is 5.73. The van der Waals surface area contributed by atoms with E-state index in [2.05, 4.69) is 98.9 Å². The van der Waals surface area contributed by atoms with Gasteiger partial charge in [-0.25, -0.2) is 0 Å². The highest BCUT2D eigenvalue weighted by atomic mass is 127. The van der Waals surface area contributed by atoms with E-state index in [9.17, 15) is 0 Å². The number of rotatable bonds is 6. The third-order valence-electron chi connectivity index (χ3n) is 3.37. The van der Waals surface area contributed by atoms with Gasteiger partial charge in [0.1, 0.15) is 11.5 Å². The van der Waals surface area contributed by atoms with E-state index in [0.717, 1.165) is 33.6 Å². The lowest BCUT2D eigenvalue weighted by molar-refractivity contribution is 0.315. The number of alkyl halides is 2. The van der Waals surface area contributed by atoms with Gasteiger partial charge in [0.25, 0.3) is 0 Å². The minimum Gasteiger partial charge on any atom is -0.492 e. The van der Waals surface area contributed by atoms with Crippen molar-refractivity contribution in [2.45, 2.75) is 52.4 Å². The first kappa shape index (κ1) is 20.3. The number of ether oxygens (including phenoxy) is 2. The van der Waals surface area contributed by atoms with Gasteiger partial charge in [0, 0.05) is 26.0 Å². The van der Waals surface area contributed by atoms with Crippen LogP contribution in [0, 0.1) is 0 Å². The summed E-state index contributed by atoms with van der Waals surface area (Å²) in [5, 5.41) is 0. The van der Waals surface area contributed by atoms with Gasteiger partial charge in [-0.3, -0.25) is 0 Å². The van der Waals surface area contributed by atoms with E-state index in [4.69, 9.17) is 9.47 Å². The van der Waals surface area contributed by atoms with Crippen LogP contribution in [0.1, 0.15) is 52.7 Å². The van der Waals surface area contributed by atoms with Crippen LogP contribution in [0.5, 0.6) is 11.5 Å². The first-order chi connectivity index (χ1) is 10.1. The van der Waals surface area contributed by atoms with E-state index < -0.39 is 0 Å². The molecule has 0 aliphatic carbocycles. The van der Waals surface area contributed by atoms with Crippen LogP contribution in [-0.4, -0.2) is 22.1 Å². The largest absolute Gasteiger partial charge is 0.492 e. The van der Waals surface area contributed by atoms with E-state index in [-0.39, 0.29) is 10.8 Å². The molecule has 4 heteroatoms. The second kappa shape index (κ2) is 8.40.